The third-order valence-corrected chi connectivity index (χ3v) is 4.29. The molecule has 152 valence electrons. The number of carbonyl (C=O) groups excluding carboxylic acids is 2. The number of ether oxygens (including phenoxy) is 1. The van der Waals surface area contributed by atoms with Crippen molar-refractivity contribution in [3.05, 3.63) is 99.4 Å². The fourth-order valence-corrected chi connectivity index (χ4v) is 2.71. The summed E-state index contributed by atoms with van der Waals surface area (Å²) in [6, 6.07) is 15.6. The second-order valence-corrected chi connectivity index (χ2v) is 6.45. The average Bonchev–Trinajstić information content (AvgIpc) is 2.74. The Kier molecular flexibility index (Phi) is 6.17. The monoisotopic (exact) mass is 408 g/mol. The molecular formula is C22H17FN2O5. The van der Waals surface area contributed by atoms with E-state index in [1.807, 2.05) is 0 Å². The fraction of sp³-hybridized carbons (Fsp3) is 0.0909. The van der Waals surface area contributed by atoms with Crippen molar-refractivity contribution in [1.82, 2.24) is 0 Å². The smallest absolute Gasteiger partial charge is 0.269 e. The van der Waals surface area contributed by atoms with Crippen LogP contribution in [0.3, 0.4) is 0 Å². The van der Waals surface area contributed by atoms with E-state index < -0.39 is 16.6 Å². The van der Waals surface area contributed by atoms with Crippen molar-refractivity contribution in [2.24, 2.45) is 0 Å². The molecule has 30 heavy (non-hydrogen) atoms. The minimum absolute atomic E-state index is 0.0583. The van der Waals surface area contributed by atoms with Gasteiger partial charge in [-0.1, -0.05) is 0 Å². The number of rotatable bonds is 7. The van der Waals surface area contributed by atoms with Gasteiger partial charge in [0.2, 0.25) is 0 Å². The van der Waals surface area contributed by atoms with Crippen LogP contribution in [0.25, 0.3) is 0 Å². The normalized spacial score (nSPS) is 10.3. The number of nitro benzene ring substituents is 1. The molecule has 0 saturated carbocycles. The van der Waals surface area contributed by atoms with Crippen LogP contribution in [0.2, 0.25) is 0 Å². The molecule has 0 aliphatic heterocycles. The SMILES string of the molecule is Cc1cc([N+](=O)[O-])ccc1NC(=O)COc1ccc(C(=O)c2ccc(F)cc2)cc1. The van der Waals surface area contributed by atoms with Crippen LogP contribution in [0.15, 0.2) is 66.7 Å². The molecule has 3 aromatic carbocycles. The highest BCUT2D eigenvalue weighted by atomic mass is 19.1. The lowest BCUT2D eigenvalue weighted by molar-refractivity contribution is -0.384. The number of carbonyl (C=O) groups is 2. The topological polar surface area (TPSA) is 98.5 Å². The van der Waals surface area contributed by atoms with Crippen LogP contribution in [0.4, 0.5) is 15.8 Å². The van der Waals surface area contributed by atoms with Crippen molar-refractivity contribution >= 4 is 23.1 Å². The van der Waals surface area contributed by atoms with Gasteiger partial charge in [-0.3, -0.25) is 19.7 Å². The van der Waals surface area contributed by atoms with Crippen LogP contribution in [-0.4, -0.2) is 23.2 Å². The zero-order valence-electron chi connectivity index (χ0n) is 15.9. The van der Waals surface area contributed by atoms with Crippen LogP contribution >= 0.6 is 0 Å². The first-order valence-electron chi connectivity index (χ1n) is 8.91. The molecule has 0 atom stereocenters. The Labute approximate surface area is 171 Å². The van der Waals surface area contributed by atoms with Gasteiger partial charge in [0.25, 0.3) is 11.6 Å². The van der Waals surface area contributed by atoms with Crippen molar-refractivity contribution in [2.45, 2.75) is 6.92 Å². The first kappa shape index (κ1) is 20.7. The highest BCUT2D eigenvalue weighted by molar-refractivity contribution is 6.09. The van der Waals surface area contributed by atoms with Crippen LogP contribution in [0.1, 0.15) is 21.5 Å². The van der Waals surface area contributed by atoms with Crippen LogP contribution in [0.5, 0.6) is 5.75 Å². The van der Waals surface area contributed by atoms with E-state index in [0.29, 0.717) is 28.1 Å². The largest absolute Gasteiger partial charge is 0.484 e. The van der Waals surface area contributed by atoms with E-state index in [-0.39, 0.29) is 18.1 Å². The summed E-state index contributed by atoms with van der Waals surface area (Å²) in [7, 11) is 0. The second kappa shape index (κ2) is 8.95. The molecule has 0 aromatic heterocycles. The van der Waals surface area contributed by atoms with E-state index in [4.69, 9.17) is 4.74 Å². The lowest BCUT2D eigenvalue weighted by Crippen LogP contribution is -2.20. The summed E-state index contributed by atoms with van der Waals surface area (Å²) in [5.41, 5.74) is 1.72. The fourth-order valence-electron chi connectivity index (χ4n) is 2.71. The van der Waals surface area contributed by atoms with E-state index in [1.54, 1.807) is 31.2 Å². The highest BCUT2D eigenvalue weighted by Crippen LogP contribution is 2.21. The summed E-state index contributed by atoms with van der Waals surface area (Å²) < 4.78 is 18.4. The zero-order chi connectivity index (χ0) is 21.7. The number of aryl methyl sites for hydroxylation is 1. The van der Waals surface area contributed by atoms with Gasteiger partial charge < -0.3 is 10.1 Å². The molecule has 0 spiro atoms. The van der Waals surface area contributed by atoms with Gasteiger partial charge in [-0.2, -0.15) is 0 Å². The van der Waals surface area contributed by atoms with Crippen LogP contribution < -0.4 is 10.1 Å². The third kappa shape index (κ3) is 5.05. The molecule has 1 N–H and O–H groups in total. The third-order valence-electron chi connectivity index (χ3n) is 4.29. The minimum Gasteiger partial charge on any atom is -0.484 e. The molecule has 0 unspecified atom stereocenters. The number of nitro groups is 1. The van der Waals surface area contributed by atoms with Gasteiger partial charge in [0.05, 0.1) is 4.92 Å². The van der Waals surface area contributed by atoms with Gasteiger partial charge in [-0.25, -0.2) is 4.39 Å². The van der Waals surface area contributed by atoms with Gasteiger partial charge in [0, 0.05) is 28.9 Å². The number of amides is 1. The number of ketones is 1. The Hall–Kier alpha value is -4.07. The average molecular weight is 408 g/mol. The van der Waals surface area contributed by atoms with E-state index >= 15 is 0 Å². The van der Waals surface area contributed by atoms with Crippen molar-refractivity contribution < 1.29 is 23.6 Å². The maximum atomic E-state index is 13.0. The quantitative estimate of drug-likeness (QED) is 0.357. The number of hydrogen-bond acceptors (Lipinski definition) is 5. The number of halogens is 1. The van der Waals surface area contributed by atoms with Crippen molar-refractivity contribution in [3.63, 3.8) is 0 Å². The van der Waals surface area contributed by atoms with Gasteiger partial charge >= 0.3 is 0 Å². The maximum Gasteiger partial charge on any atom is 0.269 e. The molecule has 1 amide bonds. The molecule has 8 heteroatoms. The summed E-state index contributed by atoms with van der Waals surface area (Å²) >= 11 is 0. The molecule has 0 fully saturated rings. The molecule has 0 aliphatic carbocycles. The molecule has 0 aliphatic rings. The molecule has 0 saturated heterocycles. The lowest BCUT2D eigenvalue weighted by atomic mass is 10.0. The molecular weight excluding hydrogens is 391 g/mol. The Morgan fingerprint density at radius 3 is 2.17 bits per heavy atom. The van der Waals surface area contributed by atoms with Gasteiger partial charge in [0.15, 0.2) is 12.4 Å². The van der Waals surface area contributed by atoms with Gasteiger partial charge in [-0.05, 0) is 67.1 Å². The van der Waals surface area contributed by atoms with E-state index in [9.17, 15) is 24.1 Å². The molecule has 0 heterocycles. The van der Waals surface area contributed by atoms with Crippen molar-refractivity contribution in [1.29, 1.82) is 0 Å². The second-order valence-electron chi connectivity index (χ2n) is 6.45. The van der Waals surface area contributed by atoms with E-state index in [2.05, 4.69) is 5.32 Å². The number of anilines is 1. The van der Waals surface area contributed by atoms with Crippen molar-refractivity contribution in [3.8, 4) is 5.75 Å². The summed E-state index contributed by atoms with van der Waals surface area (Å²) in [4.78, 5) is 34.7. The predicted molar refractivity (Wildman–Crippen MR) is 108 cm³/mol. The highest BCUT2D eigenvalue weighted by Gasteiger charge is 2.12. The number of benzene rings is 3. The summed E-state index contributed by atoms with van der Waals surface area (Å²) in [5, 5.41) is 13.4. The first-order valence-corrected chi connectivity index (χ1v) is 8.91. The number of nitrogens with zero attached hydrogens (tertiary/aromatic N) is 1. The molecule has 3 aromatic rings. The van der Waals surface area contributed by atoms with Crippen LogP contribution in [-0.2, 0) is 4.79 Å². The zero-order valence-corrected chi connectivity index (χ0v) is 15.9. The summed E-state index contributed by atoms with van der Waals surface area (Å²) in [6.07, 6.45) is 0. The van der Waals surface area contributed by atoms with Gasteiger partial charge in [-0.15, -0.1) is 0 Å². The Morgan fingerprint density at radius 2 is 1.60 bits per heavy atom. The van der Waals surface area contributed by atoms with Crippen LogP contribution in [0, 0.1) is 22.9 Å². The minimum atomic E-state index is -0.508. The van der Waals surface area contributed by atoms with Crippen molar-refractivity contribution in [2.75, 3.05) is 11.9 Å². The Morgan fingerprint density at radius 1 is 1.00 bits per heavy atom. The number of nitrogens with one attached hydrogen (secondary N) is 1. The standard InChI is InChI=1S/C22H17FN2O5/c1-14-12-18(25(28)29)8-11-20(14)24-21(26)13-30-19-9-4-16(5-10-19)22(27)15-2-6-17(23)7-3-15/h2-12H,13H2,1H3,(H,24,26). The van der Waals surface area contributed by atoms with E-state index in [1.165, 1.54) is 42.5 Å². The molecule has 3 rings (SSSR count). The lowest BCUT2D eigenvalue weighted by Gasteiger charge is -2.10. The maximum absolute atomic E-state index is 13.0. The summed E-state index contributed by atoms with van der Waals surface area (Å²) in [6.45, 7) is 1.38. The summed E-state index contributed by atoms with van der Waals surface area (Å²) in [5.74, 6) is -0.718. The van der Waals surface area contributed by atoms with E-state index in [0.717, 1.165) is 0 Å². The molecule has 0 radical (unpaired) electrons. The number of hydrogen-bond donors (Lipinski definition) is 1. The molecule has 0 bridgehead atoms. The van der Waals surface area contributed by atoms with Gasteiger partial charge in [0.1, 0.15) is 11.6 Å². The Balaban J connectivity index is 1.57. The first-order chi connectivity index (χ1) is 14.3. The molecule has 7 nitrogen and oxygen atoms in total. The number of non-ortho nitro benzene ring substituents is 1. The predicted octanol–water partition coefficient (Wildman–Crippen LogP) is 4.29. The Bertz CT molecular complexity index is 1100.